The van der Waals surface area contributed by atoms with Crippen LogP contribution < -0.4 is 15.4 Å². The minimum Gasteiger partial charge on any atom is -0.492 e. The largest absolute Gasteiger partial charge is 0.492 e. The predicted octanol–water partition coefficient (Wildman–Crippen LogP) is 2.23. The summed E-state index contributed by atoms with van der Waals surface area (Å²) in [7, 11) is 0. The van der Waals surface area contributed by atoms with Crippen molar-refractivity contribution in [2.45, 2.75) is 44.6 Å². The highest BCUT2D eigenvalue weighted by molar-refractivity contribution is 5.78. The van der Waals surface area contributed by atoms with Gasteiger partial charge in [-0.15, -0.1) is 0 Å². The maximum atomic E-state index is 12.4. The van der Waals surface area contributed by atoms with Gasteiger partial charge in [0.1, 0.15) is 12.4 Å². The van der Waals surface area contributed by atoms with E-state index < -0.39 is 0 Å². The van der Waals surface area contributed by atoms with Gasteiger partial charge in [0.2, 0.25) is 5.91 Å². The number of ether oxygens (including phenoxy) is 1. The van der Waals surface area contributed by atoms with Crippen molar-refractivity contribution in [1.29, 1.82) is 0 Å². The number of carbonyl (C=O) groups excluding carboxylic acids is 2. The number of hydrogen-bond donors (Lipinski definition) is 2. The van der Waals surface area contributed by atoms with Crippen molar-refractivity contribution in [2.24, 2.45) is 0 Å². The number of rotatable bonds is 8. The molecule has 0 bridgehead atoms. The number of piperazine rings is 1. The molecule has 160 valence electrons. The quantitative estimate of drug-likeness (QED) is 0.699. The number of nitrogens with one attached hydrogen (secondary N) is 2. The maximum Gasteiger partial charge on any atom is 0.315 e. The van der Waals surface area contributed by atoms with Crippen molar-refractivity contribution in [3.05, 3.63) is 30.3 Å². The summed E-state index contributed by atoms with van der Waals surface area (Å²) in [4.78, 5) is 28.6. The van der Waals surface area contributed by atoms with Gasteiger partial charge < -0.3 is 20.3 Å². The molecule has 0 unspecified atom stereocenters. The summed E-state index contributed by atoms with van der Waals surface area (Å²) in [5, 5.41) is 5.84. The Morgan fingerprint density at radius 3 is 2.45 bits per heavy atom. The van der Waals surface area contributed by atoms with Gasteiger partial charge in [-0.3, -0.25) is 9.69 Å². The normalized spacial score (nSPS) is 18.3. The van der Waals surface area contributed by atoms with E-state index in [1.54, 1.807) is 0 Å². The van der Waals surface area contributed by atoms with Gasteiger partial charge >= 0.3 is 6.03 Å². The Morgan fingerprint density at radius 1 is 1.00 bits per heavy atom. The Hall–Kier alpha value is -2.28. The first-order chi connectivity index (χ1) is 14.2. The fraction of sp³-hybridized carbons (Fsp3) is 0.636. The lowest BCUT2D eigenvalue weighted by molar-refractivity contribution is -0.132. The number of carbonyl (C=O) groups is 2. The molecule has 2 fully saturated rings. The predicted molar refractivity (Wildman–Crippen MR) is 113 cm³/mol. The van der Waals surface area contributed by atoms with E-state index in [1.165, 1.54) is 19.3 Å². The van der Waals surface area contributed by atoms with Crippen LogP contribution in [0.5, 0.6) is 5.75 Å². The second kappa shape index (κ2) is 11.7. The molecule has 1 aliphatic carbocycles. The molecular weight excluding hydrogens is 368 g/mol. The summed E-state index contributed by atoms with van der Waals surface area (Å²) in [5.74, 6) is 1.00. The van der Waals surface area contributed by atoms with Gasteiger partial charge in [0.25, 0.3) is 0 Å². The van der Waals surface area contributed by atoms with Gasteiger partial charge in [-0.1, -0.05) is 37.5 Å². The maximum absolute atomic E-state index is 12.4. The van der Waals surface area contributed by atoms with Crippen molar-refractivity contribution in [3.8, 4) is 5.75 Å². The molecule has 7 heteroatoms. The molecule has 2 aliphatic rings. The van der Waals surface area contributed by atoms with E-state index in [0.717, 1.165) is 51.3 Å². The van der Waals surface area contributed by atoms with Crippen LogP contribution in [0.2, 0.25) is 0 Å². The van der Waals surface area contributed by atoms with Crippen LogP contribution in [0.3, 0.4) is 0 Å². The highest BCUT2D eigenvalue weighted by Gasteiger charge is 2.21. The molecule has 1 aromatic carbocycles. The first-order valence-electron chi connectivity index (χ1n) is 10.9. The topological polar surface area (TPSA) is 73.9 Å². The third kappa shape index (κ3) is 7.57. The van der Waals surface area contributed by atoms with E-state index in [9.17, 15) is 9.59 Å². The molecule has 1 aromatic rings. The number of para-hydroxylation sites is 1. The molecule has 1 aliphatic heterocycles. The zero-order chi connectivity index (χ0) is 20.3. The van der Waals surface area contributed by atoms with Crippen LogP contribution >= 0.6 is 0 Å². The highest BCUT2D eigenvalue weighted by atomic mass is 16.5. The summed E-state index contributed by atoms with van der Waals surface area (Å²) in [6, 6.07) is 9.97. The number of amides is 3. The SMILES string of the molecule is O=C(NCCC(=O)N1CCN(CCOc2ccccc2)CC1)NC1CCCCC1. The monoisotopic (exact) mass is 402 g/mol. The van der Waals surface area contributed by atoms with Crippen LogP contribution in [0.1, 0.15) is 38.5 Å². The Balaban J connectivity index is 1.24. The van der Waals surface area contributed by atoms with Crippen LogP contribution in [0.25, 0.3) is 0 Å². The van der Waals surface area contributed by atoms with Gasteiger partial charge in [0.05, 0.1) is 0 Å². The zero-order valence-electron chi connectivity index (χ0n) is 17.3. The zero-order valence-corrected chi connectivity index (χ0v) is 17.3. The van der Waals surface area contributed by atoms with Gasteiger partial charge in [-0.05, 0) is 25.0 Å². The molecule has 0 aromatic heterocycles. The first-order valence-corrected chi connectivity index (χ1v) is 10.9. The Kier molecular flexibility index (Phi) is 8.61. The molecule has 1 saturated heterocycles. The number of hydrogen-bond acceptors (Lipinski definition) is 4. The minimum atomic E-state index is -0.145. The average Bonchev–Trinajstić information content (AvgIpc) is 2.75. The summed E-state index contributed by atoms with van der Waals surface area (Å²) < 4.78 is 5.74. The molecule has 0 spiro atoms. The van der Waals surface area contributed by atoms with Crippen molar-refractivity contribution < 1.29 is 14.3 Å². The minimum absolute atomic E-state index is 0.114. The van der Waals surface area contributed by atoms with E-state index >= 15 is 0 Å². The fourth-order valence-electron chi connectivity index (χ4n) is 3.95. The van der Waals surface area contributed by atoms with Gasteiger partial charge in [0.15, 0.2) is 0 Å². The molecule has 2 N–H and O–H groups in total. The summed E-state index contributed by atoms with van der Waals surface area (Å²) in [6.07, 6.45) is 6.12. The van der Waals surface area contributed by atoms with Crippen LogP contribution in [-0.2, 0) is 4.79 Å². The summed E-state index contributed by atoms with van der Waals surface area (Å²) in [5.41, 5.74) is 0. The van der Waals surface area contributed by atoms with E-state index in [1.807, 2.05) is 35.2 Å². The van der Waals surface area contributed by atoms with E-state index in [4.69, 9.17) is 4.74 Å². The molecule has 3 amide bonds. The van der Waals surface area contributed by atoms with E-state index in [0.29, 0.717) is 25.6 Å². The third-order valence-corrected chi connectivity index (χ3v) is 5.71. The van der Waals surface area contributed by atoms with Crippen molar-refractivity contribution >= 4 is 11.9 Å². The lowest BCUT2D eigenvalue weighted by atomic mass is 9.96. The molecule has 1 saturated carbocycles. The number of urea groups is 1. The lowest BCUT2D eigenvalue weighted by Crippen LogP contribution is -2.50. The molecule has 3 rings (SSSR count). The number of benzene rings is 1. The van der Waals surface area contributed by atoms with E-state index in [-0.39, 0.29) is 11.9 Å². The second-order valence-electron chi connectivity index (χ2n) is 7.87. The van der Waals surface area contributed by atoms with Crippen molar-refractivity contribution in [2.75, 3.05) is 45.9 Å². The van der Waals surface area contributed by atoms with Gasteiger partial charge in [0, 0.05) is 51.7 Å². The standard InChI is InChI=1S/C22H34N4O3/c27-21(11-12-23-22(28)24-19-7-3-1-4-8-19)26-15-13-25(14-16-26)17-18-29-20-9-5-2-6-10-20/h2,5-6,9-10,19H,1,3-4,7-8,11-18H2,(H2,23,24,28). The molecule has 29 heavy (non-hydrogen) atoms. The van der Waals surface area contributed by atoms with Crippen molar-refractivity contribution in [3.63, 3.8) is 0 Å². The van der Waals surface area contributed by atoms with Gasteiger partial charge in [-0.25, -0.2) is 4.79 Å². The smallest absolute Gasteiger partial charge is 0.315 e. The molecule has 1 heterocycles. The molecule has 0 radical (unpaired) electrons. The van der Waals surface area contributed by atoms with Crippen LogP contribution in [0.15, 0.2) is 30.3 Å². The third-order valence-electron chi connectivity index (χ3n) is 5.71. The van der Waals surface area contributed by atoms with E-state index in [2.05, 4.69) is 15.5 Å². The summed E-state index contributed by atoms with van der Waals surface area (Å²) in [6.45, 7) is 5.09. The van der Waals surface area contributed by atoms with Crippen LogP contribution in [0, 0.1) is 0 Å². The van der Waals surface area contributed by atoms with Crippen molar-refractivity contribution in [1.82, 2.24) is 20.4 Å². The number of nitrogens with zero attached hydrogens (tertiary/aromatic N) is 2. The van der Waals surface area contributed by atoms with Crippen LogP contribution in [0.4, 0.5) is 4.79 Å². The molecule has 7 nitrogen and oxygen atoms in total. The lowest BCUT2D eigenvalue weighted by Gasteiger charge is -2.34. The first kappa shape index (κ1) is 21.4. The molecular formula is C22H34N4O3. The van der Waals surface area contributed by atoms with Crippen LogP contribution in [-0.4, -0.2) is 73.7 Å². The highest BCUT2D eigenvalue weighted by Crippen LogP contribution is 2.17. The Morgan fingerprint density at radius 2 is 1.72 bits per heavy atom. The Bertz CT molecular complexity index is 626. The average molecular weight is 403 g/mol. The Labute approximate surface area is 173 Å². The summed E-state index contributed by atoms with van der Waals surface area (Å²) >= 11 is 0. The van der Waals surface area contributed by atoms with Gasteiger partial charge in [-0.2, -0.15) is 0 Å². The molecule has 0 atom stereocenters. The fourth-order valence-corrected chi connectivity index (χ4v) is 3.95. The second-order valence-corrected chi connectivity index (χ2v) is 7.87.